The molecule has 0 bridgehead atoms. The summed E-state index contributed by atoms with van der Waals surface area (Å²) >= 11 is 0. The highest BCUT2D eigenvalue weighted by Crippen LogP contribution is 2.24. The van der Waals surface area contributed by atoms with E-state index in [2.05, 4.69) is 0 Å². The maximum absolute atomic E-state index is 10.5. The molecule has 0 unspecified atom stereocenters. The van der Waals surface area contributed by atoms with Crippen LogP contribution in [0, 0.1) is 0 Å². The van der Waals surface area contributed by atoms with Crippen molar-refractivity contribution < 1.29 is 14.6 Å². The van der Waals surface area contributed by atoms with Gasteiger partial charge in [0, 0.05) is 5.56 Å². The summed E-state index contributed by atoms with van der Waals surface area (Å²) in [5.74, 6) is -1.14. The smallest absolute Gasteiger partial charge is 0.150 e. The van der Waals surface area contributed by atoms with Crippen molar-refractivity contribution in [3.8, 4) is 5.75 Å². The van der Waals surface area contributed by atoms with Gasteiger partial charge in [0.05, 0.1) is 18.8 Å². The third-order valence-electron chi connectivity index (χ3n) is 1.47. The number of methoxy groups -OCH3 is 1. The monoisotopic (exact) mass is 166 g/mol. The van der Waals surface area contributed by atoms with Crippen molar-refractivity contribution in [2.45, 2.75) is 0 Å². The average Bonchev–Trinajstić information content (AvgIpc) is 2.03. The third kappa shape index (κ3) is 1.32. The number of nitrogens with two attached hydrogens (primary N) is 1. The van der Waals surface area contributed by atoms with E-state index < -0.39 is 5.97 Å². The van der Waals surface area contributed by atoms with Crippen molar-refractivity contribution in [3.05, 3.63) is 23.8 Å². The first-order chi connectivity index (χ1) is 5.66. The van der Waals surface area contributed by atoms with Crippen LogP contribution in [-0.4, -0.2) is 13.1 Å². The Kier molecular flexibility index (Phi) is 2.19. The number of ether oxygens (including phenoxy) is 1. The van der Waals surface area contributed by atoms with Crippen LogP contribution in [-0.2, 0) is 0 Å². The van der Waals surface area contributed by atoms with E-state index in [4.69, 9.17) is 10.5 Å². The number of carboxylic acids is 1. The lowest BCUT2D eigenvalue weighted by Crippen LogP contribution is -2.23. The molecule has 12 heavy (non-hydrogen) atoms. The first kappa shape index (κ1) is 8.39. The van der Waals surface area contributed by atoms with E-state index in [0.29, 0.717) is 5.69 Å². The number of nitrogen functional groups attached to an aromatic ring is 1. The van der Waals surface area contributed by atoms with Gasteiger partial charge in [-0.25, -0.2) is 0 Å². The van der Waals surface area contributed by atoms with Crippen LogP contribution in [0.2, 0.25) is 0 Å². The molecule has 0 radical (unpaired) electrons. The van der Waals surface area contributed by atoms with E-state index in [9.17, 15) is 9.90 Å². The number of anilines is 1. The summed E-state index contributed by atoms with van der Waals surface area (Å²) in [5.41, 5.74) is 5.71. The lowest BCUT2D eigenvalue weighted by Gasteiger charge is -2.10. The van der Waals surface area contributed by atoms with Gasteiger partial charge in [-0.15, -0.1) is 0 Å². The maximum Gasteiger partial charge on any atom is 0.150 e. The quantitative estimate of drug-likeness (QED) is 0.609. The molecule has 0 saturated carbocycles. The minimum Gasteiger partial charge on any atom is -0.545 e. The molecule has 0 spiro atoms. The van der Waals surface area contributed by atoms with E-state index in [1.165, 1.54) is 19.2 Å². The second-order valence-electron chi connectivity index (χ2n) is 2.22. The molecule has 0 amide bonds. The van der Waals surface area contributed by atoms with Crippen LogP contribution in [0.1, 0.15) is 10.4 Å². The summed E-state index contributed by atoms with van der Waals surface area (Å²) in [6.45, 7) is 0. The molecule has 1 aromatic carbocycles. The molecule has 1 rings (SSSR count). The Morgan fingerprint density at radius 2 is 2.25 bits per heavy atom. The molecule has 64 valence electrons. The summed E-state index contributed by atoms with van der Waals surface area (Å²) in [6.07, 6.45) is 0. The third-order valence-corrected chi connectivity index (χ3v) is 1.47. The maximum atomic E-state index is 10.5. The number of carboxylic acid groups (broad SMARTS) is 1. The number of aromatic carboxylic acids is 1. The second-order valence-corrected chi connectivity index (χ2v) is 2.22. The first-order valence-corrected chi connectivity index (χ1v) is 3.30. The largest absolute Gasteiger partial charge is 0.545 e. The predicted octanol–water partition coefficient (Wildman–Crippen LogP) is -0.359. The molecular formula is C8H8NO3-. The van der Waals surface area contributed by atoms with E-state index in [1.807, 2.05) is 0 Å². The Labute approximate surface area is 69.6 Å². The summed E-state index contributed by atoms with van der Waals surface area (Å²) in [5, 5.41) is 10.5. The van der Waals surface area contributed by atoms with Gasteiger partial charge in [0.15, 0.2) is 5.75 Å². The topological polar surface area (TPSA) is 75.4 Å². The van der Waals surface area contributed by atoms with Crippen molar-refractivity contribution in [1.82, 2.24) is 0 Å². The van der Waals surface area contributed by atoms with Crippen molar-refractivity contribution in [2.75, 3.05) is 12.8 Å². The Morgan fingerprint density at radius 3 is 2.67 bits per heavy atom. The first-order valence-electron chi connectivity index (χ1n) is 3.30. The molecule has 0 atom stereocenters. The predicted molar refractivity (Wildman–Crippen MR) is 41.7 cm³/mol. The van der Waals surface area contributed by atoms with Crippen molar-refractivity contribution in [1.29, 1.82) is 0 Å². The molecule has 0 heterocycles. The summed E-state index contributed by atoms with van der Waals surface area (Å²) in [6, 6.07) is 4.47. The molecule has 4 heteroatoms. The van der Waals surface area contributed by atoms with E-state index in [0.717, 1.165) is 0 Å². The lowest BCUT2D eigenvalue weighted by molar-refractivity contribution is -0.255. The highest BCUT2D eigenvalue weighted by Gasteiger charge is 2.05. The summed E-state index contributed by atoms with van der Waals surface area (Å²) in [4.78, 5) is 10.5. The fraction of sp³-hybridized carbons (Fsp3) is 0.125. The fourth-order valence-electron chi connectivity index (χ4n) is 0.943. The van der Waals surface area contributed by atoms with Crippen LogP contribution in [0.4, 0.5) is 5.69 Å². The molecule has 0 saturated heterocycles. The number of hydrogen-bond acceptors (Lipinski definition) is 4. The normalized spacial score (nSPS) is 9.42. The number of carbonyl (C=O) groups is 1. The van der Waals surface area contributed by atoms with Crippen LogP contribution < -0.4 is 15.6 Å². The highest BCUT2D eigenvalue weighted by molar-refractivity contribution is 5.91. The molecule has 0 aliphatic heterocycles. The van der Waals surface area contributed by atoms with Gasteiger partial charge in [-0.1, -0.05) is 6.07 Å². The van der Waals surface area contributed by atoms with Gasteiger partial charge in [-0.05, 0) is 12.1 Å². The van der Waals surface area contributed by atoms with Crippen LogP contribution >= 0.6 is 0 Å². The SMILES string of the molecule is COc1c(N)cccc1C(=O)[O-]. The Hall–Kier alpha value is -1.71. The Balaban J connectivity index is 3.27. The van der Waals surface area contributed by atoms with Crippen LogP contribution in [0.15, 0.2) is 18.2 Å². The van der Waals surface area contributed by atoms with Gasteiger partial charge < -0.3 is 20.4 Å². The number of para-hydroxylation sites is 1. The summed E-state index contributed by atoms with van der Waals surface area (Å²) < 4.78 is 4.79. The van der Waals surface area contributed by atoms with Gasteiger partial charge in [-0.2, -0.15) is 0 Å². The number of carbonyl (C=O) groups excluding carboxylic acids is 1. The van der Waals surface area contributed by atoms with Crippen molar-refractivity contribution in [2.24, 2.45) is 0 Å². The van der Waals surface area contributed by atoms with Crippen molar-refractivity contribution >= 4 is 11.7 Å². The molecule has 0 aliphatic rings. The zero-order chi connectivity index (χ0) is 9.14. The zero-order valence-electron chi connectivity index (χ0n) is 6.53. The molecule has 0 aliphatic carbocycles. The summed E-state index contributed by atoms with van der Waals surface area (Å²) in [7, 11) is 1.36. The van der Waals surface area contributed by atoms with Crippen LogP contribution in [0.25, 0.3) is 0 Å². The van der Waals surface area contributed by atoms with Gasteiger partial charge >= 0.3 is 0 Å². The lowest BCUT2D eigenvalue weighted by atomic mass is 10.2. The standard InChI is InChI=1S/C8H9NO3/c1-12-7-5(8(10)11)3-2-4-6(7)9/h2-4H,9H2,1H3,(H,10,11)/p-1. The molecule has 2 N–H and O–H groups in total. The van der Waals surface area contributed by atoms with Crippen LogP contribution in [0.5, 0.6) is 5.75 Å². The number of rotatable bonds is 2. The van der Waals surface area contributed by atoms with E-state index >= 15 is 0 Å². The fourth-order valence-corrected chi connectivity index (χ4v) is 0.943. The zero-order valence-corrected chi connectivity index (χ0v) is 6.53. The Bertz CT molecular complexity index is 309. The van der Waals surface area contributed by atoms with Gasteiger partial charge in [-0.3, -0.25) is 0 Å². The van der Waals surface area contributed by atoms with Crippen LogP contribution in [0.3, 0.4) is 0 Å². The van der Waals surface area contributed by atoms with Gasteiger partial charge in [0.25, 0.3) is 0 Å². The van der Waals surface area contributed by atoms with E-state index in [-0.39, 0.29) is 11.3 Å². The Morgan fingerprint density at radius 1 is 1.58 bits per heavy atom. The molecule has 0 fully saturated rings. The minimum absolute atomic E-state index is 0.0301. The average molecular weight is 166 g/mol. The highest BCUT2D eigenvalue weighted by atomic mass is 16.5. The van der Waals surface area contributed by atoms with Gasteiger partial charge in [0.2, 0.25) is 0 Å². The molecule has 0 aromatic heterocycles. The van der Waals surface area contributed by atoms with Gasteiger partial charge in [0.1, 0.15) is 0 Å². The minimum atomic E-state index is -1.29. The molecule has 4 nitrogen and oxygen atoms in total. The van der Waals surface area contributed by atoms with E-state index in [1.54, 1.807) is 6.07 Å². The van der Waals surface area contributed by atoms with Crippen molar-refractivity contribution in [3.63, 3.8) is 0 Å². The molecule has 1 aromatic rings. The number of hydrogen-bond donors (Lipinski definition) is 1. The number of benzene rings is 1. The molecular weight excluding hydrogens is 158 g/mol. The second kappa shape index (κ2) is 3.13.